The smallest absolute Gasteiger partial charge is 0.254 e. The normalized spacial score (nSPS) is 26.2. The summed E-state index contributed by atoms with van der Waals surface area (Å²) >= 11 is 0. The molecule has 3 aliphatic rings. The molecule has 6 nitrogen and oxygen atoms in total. The van der Waals surface area contributed by atoms with Gasteiger partial charge in [0.05, 0.1) is 19.3 Å². The summed E-state index contributed by atoms with van der Waals surface area (Å²) in [6.45, 7) is 2.05. The molecular formula is C21H28N2O4. The number of ether oxygens (including phenoxy) is 2. The zero-order chi connectivity index (χ0) is 18.8. The van der Waals surface area contributed by atoms with E-state index in [0.29, 0.717) is 24.6 Å². The van der Waals surface area contributed by atoms with Crippen LogP contribution in [0.15, 0.2) is 24.3 Å². The van der Waals surface area contributed by atoms with Crippen LogP contribution in [0.2, 0.25) is 0 Å². The Labute approximate surface area is 160 Å². The van der Waals surface area contributed by atoms with Gasteiger partial charge in [0, 0.05) is 25.2 Å². The molecule has 2 aliphatic heterocycles. The van der Waals surface area contributed by atoms with Crippen LogP contribution in [-0.4, -0.2) is 67.1 Å². The topological polar surface area (TPSA) is 59.1 Å². The molecular weight excluding hydrogens is 344 g/mol. The van der Waals surface area contributed by atoms with Crippen LogP contribution in [0.4, 0.5) is 0 Å². The van der Waals surface area contributed by atoms with Gasteiger partial charge < -0.3 is 19.3 Å². The summed E-state index contributed by atoms with van der Waals surface area (Å²) in [4.78, 5) is 29.2. The highest BCUT2D eigenvalue weighted by molar-refractivity contribution is 5.94. The van der Waals surface area contributed by atoms with Crippen LogP contribution in [0, 0.1) is 5.92 Å². The minimum absolute atomic E-state index is 0.0132. The maximum Gasteiger partial charge on any atom is 0.254 e. The fourth-order valence-electron chi connectivity index (χ4n) is 4.63. The number of benzene rings is 1. The maximum atomic E-state index is 12.9. The van der Waals surface area contributed by atoms with E-state index in [0.717, 1.165) is 12.3 Å². The van der Waals surface area contributed by atoms with Gasteiger partial charge in [0.15, 0.2) is 0 Å². The number of nitrogens with zero attached hydrogens (tertiary/aromatic N) is 2. The van der Waals surface area contributed by atoms with Crippen LogP contribution in [0.1, 0.15) is 42.5 Å². The Hall–Kier alpha value is -2.08. The first-order valence-electron chi connectivity index (χ1n) is 10.00. The standard InChI is InChI=1S/C21H28N2O4/c1-26-17-9-7-16(8-10-17)21(25)22-12-18-19(13-22)27-14-20(24)23(18)11-15-5-3-2-4-6-15/h7-10,15,18-19H,2-6,11-14H2,1H3. The van der Waals surface area contributed by atoms with Gasteiger partial charge in [-0.3, -0.25) is 9.59 Å². The van der Waals surface area contributed by atoms with Crippen LogP contribution in [0.3, 0.4) is 0 Å². The minimum Gasteiger partial charge on any atom is -0.497 e. The number of fused-ring (bicyclic) bond motifs is 1. The van der Waals surface area contributed by atoms with Crippen molar-refractivity contribution < 1.29 is 19.1 Å². The van der Waals surface area contributed by atoms with Crippen LogP contribution in [-0.2, 0) is 9.53 Å². The highest BCUT2D eigenvalue weighted by Gasteiger charge is 2.45. The molecule has 3 fully saturated rings. The SMILES string of the molecule is COc1ccc(C(=O)N2CC3OCC(=O)N(CC4CCCCC4)C3C2)cc1. The van der Waals surface area contributed by atoms with Gasteiger partial charge in [-0.2, -0.15) is 0 Å². The van der Waals surface area contributed by atoms with Gasteiger partial charge in [-0.05, 0) is 43.0 Å². The van der Waals surface area contributed by atoms with E-state index in [1.165, 1.54) is 32.1 Å². The number of likely N-dealkylation sites (tertiary alicyclic amines) is 1. The van der Waals surface area contributed by atoms with Crippen LogP contribution in [0.25, 0.3) is 0 Å². The third-order valence-electron chi connectivity index (χ3n) is 6.18. The molecule has 0 radical (unpaired) electrons. The van der Waals surface area contributed by atoms with Crippen molar-refractivity contribution in [1.29, 1.82) is 0 Å². The van der Waals surface area contributed by atoms with Gasteiger partial charge in [0.2, 0.25) is 5.91 Å². The van der Waals surface area contributed by atoms with Crippen molar-refractivity contribution in [3.63, 3.8) is 0 Å². The van der Waals surface area contributed by atoms with E-state index in [4.69, 9.17) is 9.47 Å². The molecule has 0 N–H and O–H groups in total. The van der Waals surface area contributed by atoms with Crippen LogP contribution >= 0.6 is 0 Å². The van der Waals surface area contributed by atoms with Crippen molar-refractivity contribution in [2.45, 2.75) is 44.2 Å². The summed E-state index contributed by atoms with van der Waals surface area (Å²) in [5.41, 5.74) is 0.639. The number of hydrogen-bond donors (Lipinski definition) is 0. The van der Waals surface area contributed by atoms with Crippen molar-refractivity contribution in [1.82, 2.24) is 9.80 Å². The predicted molar refractivity (Wildman–Crippen MR) is 101 cm³/mol. The fourth-order valence-corrected chi connectivity index (χ4v) is 4.63. The molecule has 2 unspecified atom stereocenters. The number of carbonyl (C=O) groups excluding carboxylic acids is 2. The Balaban J connectivity index is 1.44. The lowest BCUT2D eigenvalue weighted by atomic mass is 9.88. The van der Waals surface area contributed by atoms with Crippen molar-refractivity contribution in [2.75, 3.05) is 33.4 Å². The molecule has 2 saturated heterocycles. The van der Waals surface area contributed by atoms with E-state index in [9.17, 15) is 9.59 Å². The molecule has 2 amide bonds. The Morgan fingerprint density at radius 3 is 2.59 bits per heavy atom. The Bertz CT molecular complexity index is 684. The first-order valence-corrected chi connectivity index (χ1v) is 10.00. The highest BCUT2D eigenvalue weighted by Crippen LogP contribution is 2.30. The molecule has 27 heavy (non-hydrogen) atoms. The Kier molecular flexibility index (Phi) is 5.34. The fraction of sp³-hybridized carbons (Fsp3) is 0.619. The second-order valence-electron chi connectivity index (χ2n) is 7.91. The second kappa shape index (κ2) is 7.89. The van der Waals surface area contributed by atoms with Gasteiger partial charge in [-0.15, -0.1) is 0 Å². The lowest BCUT2D eigenvalue weighted by molar-refractivity contribution is -0.154. The first-order chi connectivity index (χ1) is 13.2. The van der Waals surface area contributed by atoms with E-state index >= 15 is 0 Å². The molecule has 4 rings (SSSR count). The summed E-state index contributed by atoms with van der Waals surface area (Å²) in [5.74, 6) is 1.38. The zero-order valence-corrected chi connectivity index (χ0v) is 15.9. The van der Waals surface area contributed by atoms with Crippen LogP contribution in [0.5, 0.6) is 5.75 Å². The average molecular weight is 372 g/mol. The van der Waals surface area contributed by atoms with Crippen molar-refractivity contribution in [3.8, 4) is 5.75 Å². The summed E-state index contributed by atoms with van der Waals surface area (Å²) in [6.07, 6.45) is 6.17. The molecule has 0 bridgehead atoms. The van der Waals surface area contributed by atoms with Gasteiger partial charge in [-0.25, -0.2) is 0 Å². The Morgan fingerprint density at radius 2 is 1.89 bits per heavy atom. The Morgan fingerprint density at radius 1 is 1.15 bits per heavy atom. The summed E-state index contributed by atoms with van der Waals surface area (Å²) in [6, 6.07) is 7.15. The monoisotopic (exact) mass is 372 g/mol. The largest absolute Gasteiger partial charge is 0.497 e. The maximum absolute atomic E-state index is 12.9. The average Bonchev–Trinajstić information content (AvgIpc) is 3.15. The second-order valence-corrected chi connectivity index (χ2v) is 7.91. The molecule has 6 heteroatoms. The number of carbonyl (C=O) groups is 2. The first kappa shape index (κ1) is 18.3. The number of amides is 2. The van der Waals surface area contributed by atoms with Crippen molar-refractivity contribution in [3.05, 3.63) is 29.8 Å². The molecule has 1 aromatic carbocycles. The van der Waals surface area contributed by atoms with E-state index in [1.54, 1.807) is 31.4 Å². The summed E-state index contributed by atoms with van der Waals surface area (Å²) in [7, 11) is 1.61. The number of hydrogen-bond acceptors (Lipinski definition) is 4. The zero-order valence-electron chi connectivity index (χ0n) is 15.9. The minimum atomic E-state index is -0.0755. The molecule has 1 aromatic rings. The molecule has 1 aliphatic carbocycles. The van der Waals surface area contributed by atoms with Gasteiger partial charge in [-0.1, -0.05) is 19.3 Å². The van der Waals surface area contributed by atoms with Crippen LogP contribution < -0.4 is 4.74 Å². The lowest BCUT2D eigenvalue weighted by Gasteiger charge is -2.39. The molecule has 2 atom stereocenters. The molecule has 0 spiro atoms. The summed E-state index contributed by atoms with van der Waals surface area (Å²) < 4.78 is 10.9. The quantitative estimate of drug-likeness (QED) is 0.814. The number of methoxy groups -OCH3 is 1. The van der Waals surface area contributed by atoms with Crippen molar-refractivity contribution in [2.24, 2.45) is 5.92 Å². The third kappa shape index (κ3) is 3.81. The van der Waals surface area contributed by atoms with E-state index in [2.05, 4.69) is 0 Å². The number of morpholine rings is 1. The third-order valence-corrected chi connectivity index (χ3v) is 6.18. The summed E-state index contributed by atoms with van der Waals surface area (Å²) in [5, 5.41) is 0. The predicted octanol–water partition coefficient (Wildman–Crippen LogP) is 2.33. The van der Waals surface area contributed by atoms with Crippen molar-refractivity contribution >= 4 is 11.8 Å². The van der Waals surface area contributed by atoms with Gasteiger partial charge >= 0.3 is 0 Å². The van der Waals surface area contributed by atoms with E-state index in [1.807, 2.05) is 9.80 Å². The van der Waals surface area contributed by atoms with E-state index in [-0.39, 0.29) is 30.6 Å². The molecule has 146 valence electrons. The molecule has 0 aromatic heterocycles. The number of rotatable bonds is 4. The van der Waals surface area contributed by atoms with Gasteiger partial charge in [0.25, 0.3) is 5.91 Å². The molecule has 1 saturated carbocycles. The van der Waals surface area contributed by atoms with Gasteiger partial charge in [0.1, 0.15) is 12.4 Å². The highest BCUT2D eigenvalue weighted by atomic mass is 16.5. The van der Waals surface area contributed by atoms with E-state index < -0.39 is 0 Å². The lowest BCUT2D eigenvalue weighted by Crippen LogP contribution is -2.55. The molecule has 2 heterocycles.